The molecule has 0 saturated carbocycles. The van der Waals surface area contributed by atoms with Crippen molar-refractivity contribution in [2.24, 2.45) is 7.05 Å². The van der Waals surface area contributed by atoms with Crippen molar-refractivity contribution < 1.29 is 9.53 Å². The number of nitrogens with one attached hydrogen (secondary N) is 2. The number of aryl methyl sites for hydroxylation is 2. The molecule has 2 N–H and O–H groups in total. The van der Waals surface area contributed by atoms with E-state index in [1.165, 1.54) is 0 Å². The molecular formula is C12H20N4O2. The van der Waals surface area contributed by atoms with Gasteiger partial charge in [-0.1, -0.05) is 6.92 Å². The smallest absolute Gasteiger partial charge is 0.227 e. The second kappa shape index (κ2) is 5.97. The SMILES string of the molecule is CCc1nn(C)cc1NC(=O)CC1CNCCO1. The van der Waals surface area contributed by atoms with Crippen LogP contribution in [0.15, 0.2) is 6.20 Å². The van der Waals surface area contributed by atoms with Gasteiger partial charge in [-0.15, -0.1) is 0 Å². The number of nitrogens with zero attached hydrogens (tertiary/aromatic N) is 2. The van der Waals surface area contributed by atoms with E-state index in [2.05, 4.69) is 15.7 Å². The average molecular weight is 252 g/mol. The monoisotopic (exact) mass is 252 g/mol. The Hall–Kier alpha value is -1.40. The Morgan fingerprint density at radius 3 is 3.22 bits per heavy atom. The number of aromatic nitrogens is 2. The van der Waals surface area contributed by atoms with Gasteiger partial charge in [-0.2, -0.15) is 5.10 Å². The highest BCUT2D eigenvalue weighted by molar-refractivity contribution is 5.91. The molecule has 1 atom stereocenters. The summed E-state index contributed by atoms with van der Waals surface area (Å²) in [6, 6.07) is 0. The summed E-state index contributed by atoms with van der Waals surface area (Å²) in [6.45, 7) is 4.29. The molecule has 0 aliphatic carbocycles. The van der Waals surface area contributed by atoms with Crippen LogP contribution in [0.25, 0.3) is 0 Å². The van der Waals surface area contributed by atoms with E-state index in [-0.39, 0.29) is 12.0 Å². The summed E-state index contributed by atoms with van der Waals surface area (Å²) in [6.07, 6.45) is 2.99. The first-order chi connectivity index (χ1) is 8.69. The fraction of sp³-hybridized carbons (Fsp3) is 0.667. The van der Waals surface area contributed by atoms with Crippen molar-refractivity contribution in [2.75, 3.05) is 25.0 Å². The second-order valence-electron chi connectivity index (χ2n) is 4.47. The highest BCUT2D eigenvalue weighted by atomic mass is 16.5. The Kier molecular flexibility index (Phi) is 4.33. The molecule has 1 unspecified atom stereocenters. The van der Waals surface area contributed by atoms with E-state index in [1.807, 2.05) is 20.2 Å². The maximum atomic E-state index is 11.9. The fourth-order valence-electron chi connectivity index (χ4n) is 2.06. The Morgan fingerprint density at radius 2 is 2.56 bits per heavy atom. The molecule has 1 aromatic heterocycles. The van der Waals surface area contributed by atoms with Gasteiger partial charge in [0.15, 0.2) is 0 Å². The maximum Gasteiger partial charge on any atom is 0.227 e. The zero-order valence-corrected chi connectivity index (χ0v) is 10.9. The van der Waals surface area contributed by atoms with E-state index in [0.29, 0.717) is 13.0 Å². The van der Waals surface area contributed by atoms with Gasteiger partial charge in [0.05, 0.1) is 30.5 Å². The molecular weight excluding hydrogens is 232 g/mol. The molecule has 0 aromatic carbocycles. The molecule has 1 fully saturated rings. The molecule has 6 heteroatoms. The van der Waals surface area contributed by atoms with Crippen LogP contribution >= 0.6 is 0 Å². The Balaban J connectivity index is 1.89. The summed E-state index contributed by atoms with van der Waals surface area (Å²) in [7, 11) is 1.85. The van der Waals surface area contributed by atoms with E-state index in [1.54, 1.807) is 4.68 Å². The van der Waals surface area contributed by atoms with Gasteiger partial charge in [-0.05, 0) is 6.42 Å². The van der Waals surface area contributed by atoms with Crippen molar-refractivity contribution in [3.8, 4) is 0 Å². The number of carbonyl (C=O) groups excluding carboxylic acids is 1. The summed E-state index contributed by atoms with van der Waals surface area (Å²) < 4.78 is 7.22. The van der Waals surface area contributed by atoms with E-state index >= 15 is 0 Å². The van der Waals surface area contributed by atoms with Crippen molar-refractivity contribution in [1.29, 1.82) is 0 Å². The van der Waals surface area contributed by atoms with Crippen molar-refractivity contribution in [1.82, 2.24) is 15.1 Å². The lowest BCUT2D eigenvalue weighted by Gasteiger charge is -2.22. The van der Waals surface area contributed by atoms with Gasteiger partial charge in [-0.3, -0.25) is 9.48 Å². The van der Waals surface area contributed by atoms with Gasteiger partial charge in [-0.25, -0.2) is 0 Å². The maximum absolute atomic E-state index is 11.9. The van der Waals surface area contributed by atoms with Crippen LogP contribution in [-0.4, -0.2) is 41.5 Å². The summed E-state index contributed by atoms with van der Waals surface area (Å²) in [5.74, 6) is -0.0219. The van der Waals surface area contributed by atoms with E-state index < -0.39 is 0 Å². The Bertz CT molecular complexity index is 410. The van der Waals surface area contributed by atoms with Crippen LogP contribution in [0.3, 0.4) is 0 Å². The molecule has 100 valence electrons. The molecule has 0 spiro atoms. The lowest BCUT2D eigenvalue weighted by molar-refractivity contribution is -0.119. The van der Waals surface area contributed by atoms with Gasteiger partial charge in [0, 0.05) is 26.3 Å². The van der Waals surface area contributed by atoms with Gasteiger partial charge < -0.3 is 15.4 Å². The van der Waals surface area contributed by atoms with Crippen LogP contribution < -0.4 is 10.6 Å². The summed E-state index contributed by atoms with van der Waals surface area (Å²) in [4.78, 5) is 11.9. The molecule has 2 rings (SSSR count). The molecule has 1 amide bonds. The molecule has 18 heavy (non-hydrogen) atoms. The molecule has 0 radical (unpaired) electrons. The Morgan fingerprint density at radius 1 is 1.72 bits per heavy atom. The van der Waals surface area contributed by atoms with Crippen molar-refractivity contribution in [3.63, 3.8) is 0 Å². The number of hydrogen-bond donors (Lipinski definition) is 2. The second-order valence-corrected chi connectivity index (χ2v) is 4.47. The summed E-state index contributed by atoms with van der Waals surface area (Å²) in [5, 5.41) is 10.4. The van der Waals surface area contributed by atoms with E-state index in [0.717, 1.165) is 30.9 Å². The standard InChI is InChI=1S/C12H20N4O2/c1-3-10-11(8-16(2)15-10)14-12(17)6-9-7-13-4-5-18-9/h8-9,13H,3-7H2,1-2H3,(H,14,17). The minimum atomic E-state index is -0.0273. The van der Waals surface area contributed by atoms with E-state index in [4.69, 9.17) is 4.74 Å². The lowest BCUT2D eigenvalue weighted by Crippen LogP contribution is -2.40. The minimum Gasteiger partial charge on any atom is -0.375 e. The number of carbonyl (C=O) groups is 1. The van der Waals surface area contributed by atoms with Crippen molar-refractivity contribution >= 4 is 11.6 Å². The molecule has 1 saturated heterocycles. The number of ether oxygens (including phenoxy) is 1. The fourth-order valence-corrected chi connectivity index (χ4v) is 2.06. The van der Waals surface area contributed by atoms with Crippen LogP contribution in [-0.2, 0) is 23.0 Å². The van der Waals surface area contributed by atoms with Gasteiger partial charge in [0.1, 0.15) is 0 Å². The normalized spacial score (nSPS) is 19.8. The van der Waals surface area contributed by atoms with Gasteiger partial charge in [0.25, 0.3) is 0 Å². The quantitative estimate of drug-likeness (QED) is 0.808. The van der Waals surface area contributed by atoms with Gasteiger partial charge in [0.2, 0.25) is 5.91 Å². The largest absolute Gasteiger partial charge is 0.375 e. The van der Waals surface area contributed by atoms with Crippen molar-refractivity contribution in [2.45, 2.75) is 25.9 Å². The third-order valence-electron chi connectivity index (χ3n) is 2.93. The Labute approximate surface area is 107 Å². The molecule has 6 nitrogen and oxygen atoms in total. The first kappa shape index (κ1) is 13.0. The van der Waals surface area contributed by atoms with Crippen molar-refractivity contribution in [3.05, 3.63) is 11.9 Å². The van der Waals surface area contributed by atoms with E-state index in [9.17, 15) is 4.79 Å². The third-order valence-corrected chi connectivity index (χ3v) is 2.93. The van der Waals surface area contributed by atoms with Crippen LogP contribution in [0.2, 0.25) is 0 Å². The average Bonchev–Trinajstić information content (AvgIpc) is 2.70. The zero-order valence-electron chi connectivity index (χ0n) is 10.9. The molecule has 0 bridgehead atoms. The number of morpholine rings is 1. The number of anilines is 1. The number of amides is 1. The van der Waals surface area contributed by atoms with Crippen LogP contribution in [0, 0.1) is 0 Å². The van der Waals surface area contributed by atoms with Crippen LogP contribution in [0.5, 0.6) is 0 Å². The predicted molar refractivity (Wildman–Crippen MR) is 68.4 cm³/mol. The first-order valence-electron chi connectivity index (χ1n) is 6.33. The first-order valence-corrected chi connectivity index (χ1v) is 6.33. The molecule has 2 heterocycles. The number of rotatable bonds is 4. The van der Waals surface area contributed by atoms with Crippen LogP contribution in [0.4, 0.5) is 5.69 Å². The molecule has 1 aromatic rings. The number of hydrogen-bond acceptors (Lipinski definition) is 4. The highest BCUT2D eigenvalue weighted by Crippen LogP contribution is 2.14. The molecule has 1 aliphatic rings. The molecule has 1 aliphatic heterocycles. The topological polar surface area (TPSA) is 68.2 Å². The minimum absolute atomic E-state index is 0.0219. The zero-order chi connectivity index (χ0) is 13.0. The third kappa shape index (κ3) is 3.30. The highest BCUT2D eigenvalue weighted by Gasteiger charge is 2.18. The predicted octanol–water partition coefficient (Wildman–Crippen LogP) is 0.300. The summed E-state index contributed by atoms with van der Waals surface area (Å²) >= 11 is 0. The lowest BCUT2D eigenvalue weighted by atomic mass is 10.2. The van der Waals surface area contributed by atoms with Gasteiger partial charge >= 0.3 is 0 Å². The summed E-state index contributed by atoms with van der Waals surface area (Å²) in [5.41, 5.74) is 1.71. The van der Waals surface area contributed by atoms with Crippen LogP contribution in [0.1, 0.15) is 19.0 Å².